The van der Waals surface area contributed by atoms with E-state index < -0.39 is 5.97 Å². The van der Waals surface area contributed by atoms with E-state index in [1.165, 1.54) is 6.07 Å². The standard InChI is InChI=1S/C19H26N2O4/c1-3-4-7-20-17(22)14-5-8-21(9-6-14)18(23)15-10-13(2)11-16(12-15)19(24)25/h10-12,14H,3-9H2,1-2H3,(H,20,22)(H,24,25). The predicted molar refractivity (Wildman–Crippen MR) is 94.7 cm³/mol. The van der Waals surface area contributed by atoms with Gasteiger partial charge in [0.15, 0.2) is 0 Å². The Morgan fingerprint density at radius 1 is 1.16 bits per heavy atom. The van der Waals surface area contributed by atoms with Gasteiger partial charge < -0.3 is 15.3 Å². The maximum Gasteiger partial charge on any atom is 0.335 e. The molecule has 0 spiro atoms. The van der Waals surface area contributed by atoms with Gasteiger partial charge in [0.2, 0.25) is 5.91 Å². The van der Waals surface area contributed by atoms with Gasteiger partial charge >= 0.3 is 5.97 Å². The second-order valence-corrected chi connectivity index (χ2v) is 6.60. The quantitative estimate of drug-likeness (QED) is 0.775. The number of likely N-dealkylation sites (tertiary alicyclic amines) is 1. The molecule has 2 rings (SSSR count). The summed E-state index contributed by atoms with van der Waals surface area (Å²) in [5, 5.41) is 12.1. The molecule has 1 saturated heterocycles. The number of aromatic carboxylic acids is 1. The van der Waals surface area contributed by atoms with Crippen molar-refractivity contribution in [2.24, 2.45) is 5.92 Å². The Hall–Kier alpha value is -2.37. The molecule has 6 heteroatoms. The van der Waals surface area contributed by atoms with Crippen molar-refractivity contribution in [3.05, 3.63) is 34.9 Å². The Bertz CT molecular complexity index is 649. The van der Waals surface area contributed by atoms with Gasteiger partial charge in [-0.15, -0.1) is 0 Å². The number of piperidine rings is 1. The van der Waals surface area contributed by atoms with Crippen LogP contribution in [0.3, 0.4) is 0 Å². The Labute approximate surface area is 148 Å². The molecule has 1 aliphatic rings. The van der Waals surface area contributed by atoms with Gasteiger partial charge in [-0.05, 0) is 49.9 Å². The lowest BCUT2D eigenvalue weighted by Crippen LogP contribution is -2.43. The van der Waals surface area contributed by atoms with E-state index in [-0.39, 0.29) is 23.3 Å². The Balaban J connectivity index is 1.95. The molecule has 1 aromatic rings. The fourth-order valence-electron chi connectivity index (χ4n) is 3.09. The molecule has 2 amide bonds. The van der Waals surface area contributed by atoms with Crippen molar-refractivity contribution >= 4 is 17.8 Å². The Morgan fingerprint density at radius 3 is 2.40 bits per heavy atom. The normalized spacial score (nSPS) is 15.0. The first kappa shape index (κ1) is 19.0. The highest BCUT2D eigenvalue weighted by Gasteiger charge is 2.28. The van der Waals surface area contributed by atoms with Crippen molar-refractivity contribution in [3.8, 4) is 0 Å². The zero-order valence-corrected chi connectivity index (χ0v) is 14.9. The summed E-state index contributed by atoms with van der Waals surface area (Å²) in [7, 11) is 0. The number of rotatable bonds is 6. The average molecular weight is 346 g/mol. The van der Waals surface area contributed by atoms with Gasteiger partial charge in [-0.3, -0.25) is 9.59 Å². The van der Waals surface area contributed by atoms with E-state index in [0.29, 0.717) is 38.0 Å². The zero-order chi connectivity index (χ0) is 18.4. The van der Waals surface area contributed by atoms with Crippen LogP contribution in [-0.4, -0.2) is 47.4 Å². The van der Waals surface area contributed by atoms with Crippen molar-refractivity contribution in [2.75, 3.05) is 19.6 Å². The van der Waals surface area contributed by atoms with Crippen LogP contribution in [0.15, 0.2) is 18.2 Å². The minimum absolute atomic E-state index is 0.0482. The number of carbonyl (C=O) groups is 3. The summed E-state index contributed by atoms with van der Waals surface area (Å²) in [6.07, 6.45) is 3.30. The summed E-state index contributed by atoms with van der Waals surface area (Å²) >= 11 is 0. The van der Waals surface area contributed by atoms with Crippen LogP contribution in [0.4, 0.5) is 0 Å². The second kappa shape index (κ2) is 8.65. The lowest BCUT2D eigenvalue weighted by molar-refractivity contribution is -0.126. The maximum atomic E-state index is 12.6. The summed E-state index contributed by atoms with van der Waals surface area (Å²) in [5.74, 6) is -1.19. The van der Waals surface area contributed by atoms with Crippen LogP contribution in [0.1, 0.15) is 58.9 Å². The molecule has 0 bridgehead atoms. The monoisotopic (exact) mass is 346 g/mol. The van der Waals surface area contributed by atoms with Crippen LogP contribution in [0.2, 0.25) is 0 Å². The highest BCUT2D eigenvalue weighted by Crippen LogP contribution is 2.20. The van der Waals surface area contributed by atoms with Crippen molar-refractivity contribution in [3.63, 3.8) is 0 Å². The molecule has 1 heterocycles. The third kappa shape index (κ3) is 5.05. The molecule has 0 aliphatic carbocycles. The molecular formula is C19H26N2O4. The lowest BCUT2D eigenvalue weighted by atomic mass is 9.95. The summed E-state index contributed by atoms with van der Waals surface area (Å²) in [6.45, 7) is 5.59. The lowest BCUT2D eigenvalue weighted by Gasteiger charge is -2.31. The number of unbranched alkanes of at least 4 members (excludes halogenated alkanes) is 1. The molecule has 0 unspecified atom stereocenters. The minimum Gasteiger partial charge on any atom is -0.478 e. The smallest absolute Gasteiger partial charge is 0.335 e. The van der Waals surface area contributed by atoms with E-state index in [2.05, 4.69) is 12.2 Å². The molecule has 2 N–H and O–H groups in total. The number of carboxylic acids is 1. The molecule has 0 atom stereocenters. The number of carbonyl (C=O) groups excluding carboxylic acids is 2. The van der Waals surface area contributed by atoms with Crippen LogP contribution in [0.25, 0.3) is 0 Å². The van der Waals surface area contributed by atoms with Gasteiger partial charge in [0.05, 0.1) is 5.56 Å². The minimum atomic E-state index is -1.04. The number of hydrogen-bond acceptors (Lipinski definition) is 3. The molecule has 0 radical (unpaired) electrons. The fraction of sp³-hybridized carbons (Fsp3) is 0.526. The van der Waals surface area contributed by atoms with E-state index in [0.717, 1.165) is 18.4 Å². The van der Waals surface area contributed by atoms with Crippen molar-refractivity contribution in [2.45, 2.75) is 39.5 Å². The van der Waals surface area contributed by atoms with Crippen molar-refractivity contribution in [1.82, 2.24) is 10.2 Å². The van der Waals surface area contributed by atoms with Crippen LogP contribution in [-0.2, 0) is 4.79 Å². The van der Waals surface area contributed by atoms with E-state index in [1.54, 1.807) is 24.0 Å². The zero-order valence-electron chi connectivity index (χ0n) is 14.9. The predicted octanol–water partition coefficient (Wildman–Crippen LogP) is 2.46. The molecule has 136 valence electrons. The van der Waals surface area contributed by atoms with Crippen LogP contribution in [0.5, 0.6) is 0 Å². The highest BCUT2D eigenvalue weighted by atomic mass is 16.4. The van der Waals surface area contributed by atoms with Crippen molar-refractivity contribution < 1.29 is 19.5 Å². The van der Waals surface area contributed by atoms with E-state index in [9.17, 15) is 14.4 Å². The SMILES string of the molecule is CCCCNC(=O)C1CCN(C(=O)c2cc(C)cc(C(=O)O)c2)CC1. The Morgan fingerprint density at radius 2 is 1.80 bits per heavy atom. The summed E-state index contributed by atoms with van der Waals surface area (Å²) < 4.78 is 0. The first-order valence-electron chi connectivity index (χ1n) is 8.84. The first-order valence-corrected chi connectivity index (χ1v) is 8.84. The molecule has 1 aromatic carbocycles. The Kier molecular flexibility index (Phi) is 6.56. The third-order valence-corrected chi connectivity index (χ3v) is 4.55. The average Bonchev–Trinajstić information content (AvgIpc) is 2.60. The highest BCUT2D eigenvalue weighted by molar-refractivity contribution is 5.98. The molecular weight excluding hydrogens is 320 g/mol. The fourth-order valence-corrected chi connectivity index (χ4v) is 3.09. The number of nitrogens with zero attached hydrogens (tertiary/aromatic N) is 1. The largest absolute Gasteiger partial charge is 0.478 e. The van der Waals surface area contributed by atoms with Gasteiger partial charge in [-0.1, -0.05) is 13.3 Å². The molecule has 1 fully saturated rings. The van der Waals surface area contributed by atoms with Gasteiger partial charge in [-0.2, -0.15) is 0 Å². The van der Waals surface area contributed by atoms with Crippen LogP contribution in [0, 0.1) is 12.8 Å². The van der Waals surface area contributed by atoms with Crippen LogP contribution >= 0.6 is 0 Å². The van der Waals surface area contributed by atoms with E-state index in [1.807, 2.05) is 0 Å². The molecule has 0 saturated carbocycles. The summed E-state index contributed by atoms with van der Waals surface area (Å²) in [6, 6.07) is 4.67. The number of amides is 2. The third-order valence-electron chi connectivity index (χ3n) is 4.55. The molecule has 0 aromatic heterocycles. The van der Waals surface area contributed by atoms with Gasteiger partial charge in [-0.25, -0.2) is 4.79 Å². The topological polar surface area (TPSA) is 86.7 Å². The van der Waals surface area contributed by atoms with Crippen LogP contribution < -0.4 is 5.32 Å². The number of nitrogens with one attached hydrogen (secondary N) is 1. The number of aryl methyl sites for hydroxylation is 1. The maximum absolute atomic E-state index is 12.6. The number of benzene rings is 1. The van der Waals surface area contributed by atoms with E-state index in [4.69, 9.17) is 5.11 Å². The van der Waals surface area contributed by atoms with Crippen molar-refractivity contribution in [1.29, 1.82) is 0 Å². The summed E-state index contributed by atoms with van der Waals surface area (Å²) in [4.78, 5) is 37.6. The van der Waals surface area contributed by atoms with Gasteiger partial charge in [0, 0.05) is 31.1 Å². The first-order chi connectivity index (χ1) is 11.9. The second-order valence-electron chi connectivity index (χ2n) is 6.60. The number of carboxylic acid groups (broad SMARTS) is 1. The number of hydrogen-bond donors (Lipinski definition) is 2. The summed E-state index contributed by atoms with van der Waals surface area (Å²) in [5.41, 5.74) is 1.25. The van der Waals surface area contributed by atoms with E-state index >= 15 is 0 Å². The van der Waals surface area contributed by atoms with Gasteiger partial charge in [0.1, 0.15) is 0 Å². The molecule has 6 nitrogen and oxygen atoms in total. The van der Waals surface area contributed by atoms with Gasteiger partial charge in [0.25, 0.3) is 5.91 Å². The molecule has 25 heavy (non-hydrogen) atoms. The molecule has 1 aliphatic heterocycles.